The normalized spacial score (nSPS) is 21.1. The molecule has 1 aliphatic rings. The Kier molecular flexibility index (Phi) is 5.21. The zero-order valence-corrected chi connectivity index (χ0v) is 11.8. The number of rotatable bonds is 5. The molecular weight excluding hydrogens is 220 g/mol. The number of nitrogens with one attached hydrogen (secondary N) is 1. The molecule has 0 spiro atoms. The van der Waals surface area contributed by atoms with E-state index in [4.69, 9.17) is 0 Å². The molecule has 100 valence electrons. The summed E-state index contributed by atoms with van der Waals surface area (Å²) < 4.78 is 0. The Morgan fingerprint density at radius 2 is 2.06 bits per heavy atom. The molecule has 2 rings (SSSR count). The lowest BCUT2D eigenvalue weighted by Gasteiger charge is -2.31. The summed E-state index contributed by atoms with van der Waals surface area (Å²) in [6.07, 6.45) is 3.90. The van der Waals surface area contributed by atoms with Crippen molar-refractivity contribution in [3.8, 4) is 0 Å². The van der Waals surface area contributed by atoms with E-state index in [1.165, 1.54) is 37.1 Å². The fraction of sp³-hybridized carbons (Fsp3) is 0.625. The van der Waals surface area contributed by atoms with E-state index in [0.29, 0.717) is 0 Å². The SMILES string of the molecule is CNCCc1ccccc1CN1CCCC(C)C1. The van der Waals surface area contributed by atoms with Crippen molar-refractivity contribution in [3.63, 3.8) is 0 Å². The number of benzene rings is 1. The summed E-state index contributed by atoms with van der Waals surface area (Å²) in [5, 5.41) is 3.24. The lowest BCUT2D eigenvalue weighted by atomic mass is 9.98. The van der Waals surface area contributed by atoms with Crippen molar-refractivity contribution < 1.29 is 0 Å². The van der Waals surface area contributed by atoms with Gasteiger partial charge >= 0.3 is 0 Å². The minimum atomic E-state index is 0.864. The second-order valence-electron chi connectivity index (χ2n) is 5.60. The number of piperidine rings is 1. The van der Waals surface area contributed by atoms with E-state index in [-0.39, 0.29) is 0 Å². The van der Waals surface area contributed by atoms with Crippen molar-refractivity contribution in [2.45, 2.75) is 32.7 Å². The fourth-order valence-electron chi connectivity index (χ4n) is 2.89. The Morgan fingerprint density at radius 1 is 1.28 bits per heavy atom. The van der Waals surface area contributed by atoms with Gasteiger partial charge in [-0.15, -0.1) is 0 Å². The van der Waals surface area contributed by atoms with Crippen molar-refractivity contribution in [3.05, 3.63) is 35.4 Å². The highest BCUT2D eigenvalue weighted by molar-refractivity contribution is 5.27. The van der Waals surface area contributed by atoms with Gasteiger partial charge in [0.1, 0.15) is 0 Å². The van der Waals surface area contributed by atoms with Crippen molar-refractivity contribution in [1.29, 1.82) is 0 Å². The first-order valence-corrected chi connectivity index (χ1v) is 7.23. The molecular formula is C16H26N2. The average molecular weight is 246 g/mol. The number of hydrogen-bond acceptors (Lipinski definition) is 2. The molecule has 0 aromatic heterocycles. The molecule has 1 aromatic carbocycles. The molecule has 0 amide bonds. The van der Waals surface area contributed by atoms with Crippen molar-refractivity contribution in [1.82, 2.24) is 10.2 Å². The zero-order chi connectivity index (χ0) is 12.8. The smallest absolute Gasteiger partial charge is 0.0236 e. The summed E-state index contributed by atoms with van der Waals surface area (Å²) in [6, 6.07) is 8.91. The fourth-order valence-corrected chi connectivity index (χ4v) is 2.89. The van der Waals surface area contributed by atoms with Crippen LogP contribution in [0.1, 0.15) is 30.9 Å². The maximum absolute atomic E-state index is 3.24. The summed E-state index contributed by atoms with van der Waals surface area (Å²) >= 11 is 0. The third kappa shape index (κ3) is 3.82. The first-order chi connectivity index (χ1) is 8.79. The molecule has 0 saturated carbocycles. The van der Waals surface area contributed by atoms with Gasteiger partial charge in [-0.3, -0.25) is 4.90 Å². The number of likely N-dealkylation sites (N-methyl/N-ethyl adjacent to an activating group) is 1. The van der Waals surface area contributed by atoms with Crippen LogP contribution in [0.25, 0.3) is 0 Å². The molecule has 0 bridgehead atoms. The van der Waals surface area contributed by atoms with E-state index in [1.807, 2.05) is 7.05 Å². The summed E-state index contributed by atoms with van der Waals surface area (Å²) in [6.45, 7) is 7.10. The molecule has 2 heteroatoms. The van der Waals surface area contributed by atoms with Crippen LogP contribution in [0.3, 0.4) is 0 Å². The van der Waals surface area contributed by atoms with Gasteiger partial charge in [0.2, 0.25) is 0 Å². The summed E-state index contributed by atoms with van der Waals surface area (Å²) in [4.78, 5) is 2.62. The third-order valence-corrected chi connectivity index (χ3v) is 3.90. The highest BCUT2D eigenvalue weighted by atomic mass is 15.1. The van der Waals surface area contributed by atoms with E-state index < -0.39 is 0 Å². The second kappa shape index (κ2) is 6.91. The Balaban J connectivity index is 1.99. The van der Waals surface area contributed by atoms with Gasteiger partial charge in [-0.05, 0) is 56.4 Å². The Labute approximate surface area is 111 Å². The molecule has 0 aliphatic carbocycles. The zero-order valence-electron chi connectivity index (χ0n) is 11.8. The molecule has 1 aliphatic heterocycles. The number of hydrogen-bond donors (Lipinski definition) is 1. The van der Waals surface area contributed by atoms with Gasteiger partial charge in [0.25, 0.3) is 0 Å². The van der Waals surface area contributed by atoms with Crippen LogP contribution in [0.4, 0.5) is 0 Å². The molecule has 18 heavy (non-hydrogen) atoms. The van der Waals surface area contributed by atoms with Gasteiger partial charge in [0, 0.05) is 13.1 Å². The quantitative estimate of drug-likeness (QED) is 0.859. The monoisotopic (exact) mass is 246 g/mol. The van der Waals surface area contributed by atoms with E-state index in [1.54, 1.807) is 0 Å². The van der Waals surface area contributed by atoms with Crippen molar-refractivity contribution >= 4 is 0 Å². The van der Waals surface area contributed by atoms with Gasteiger partial charge in [0.15, 0.2) is 0 Å². The van der Waals surface area contributed by atoms with E-state index >= 15 is 0 Å². The van der Waals surface area contributed by atoms with Gasteiger partial charge < -0.3 is 5.32 Å². The maximum Gasteiger partial charge on any atom is 0.0236 e. The Hall–Kier alpha value is -0.860. The van der Waals surface area contributed by atoms with Crippen LogP contribution in [0.2, 0.25) is 0 Å². The first-order valence-electron chi connectivity index (χ1n) is 7.23. The molecule has 1 fully saturated rings. The highest BCUT2D eigenvalue weighted by Crippen LogP contribution is 2.19. The predicted molar refractivity (Wildman–Crippen MR) is 77.7 cm³/mol. The molecule has 1 saturated heterocycles. The van der Waals surface area contributed by atoms with Gasteiger partial charge in [-0.2, -0.15) is 0 Å². The number of likely N-dealkylation sites (tertiary alicyclic amines) is 1. The molecule has 0 radical (unpaired) electrons. The lowest BCUT2D eigenvalue weighted by molar-refractivity contribution is 0.176. The Morgan fingerprint density at radius 3 is 2.78 bits per heavy atom. The Bertz CT molecular complexity index is 362. The van der Waals surface area contributed by atoms with Gasteiger partial charge in [-0.1, -0.05) is 31.2 Å². The molecule has 1 N–H and O–H groups in total. The minimum Gasteiger partial charge on any atom is -0.319 e. The predicted octanol–water partition coefficient (Wildman–Crippen LogP) is 2.68. The molecule has 1 unspecified atom stereocenters. The van der Waals surface area contributed by atoms with Crippen molar-refractivity contribution in [2.24, 2.45) is 5.92 Å². The molecule has 1 aromatic rings. The van der Waals surface area contributed by atoms with E-state index in [2.05, 4.69) is 41.4 Å². The maximum atomic E-state index is 3.24. The second-order valence-corrected chi connectivity index (χ2v) is 5.60. The first kappa shape index (κ1) is 13.6. The van der Waals surface area contributed by atoms with Gasteiger partial charge in [0.05, 0.1) is 0 Å². The largest absolute Gasteiger partial charge is 0.319 e. The minimum absolute atomic E-state index is 0.864. The molecule has 1 atom stereocenters. The van der Waals surface area contributed by atoms with Crippen LogP contribution in [0, 0.1) is 5.92 Å². The van der Waals surface area contributed by atoms with Crippen LogP contribution in [0.5, 0.6) is 0 Å². The summed E-state index contributed by atoms with van der Waals surface area (Å²) in [7, 11) is 2.02. The van der Waals surface area contributed by atoms with Crippen LogP contribution in [-0.4, -0.2) is 31.6 Å². The van der Waals surface area contributed by atoms with Crippen molar-refractivity contribution in [2.75, 3.05) is 26.7 Å². The van der Waals surface area contributed by atoms with Crippen LogP contribution in [-0.2, 0) is 13.0 Å². The topological polar surface area (TPSA) is 15.3 Å². The van der Waals surface area contributed by atoms with Crippen LogP contribution >= 0.6 is 0 Å². The van der Waals surface area contributed by atoms with Crippen LogP contribution < -0.4 is 5.32 Å². The molecule has 2 nitrogen and oxygen atoms in total. The summed E-state index contributed by atoms with van der Waals surface area (Å²) in [5.41, 5.74) is 3.02. The summed E-state index contributed by atoms with van der Waals surface area (Å²) in [5.74, 6) is 0.864. The van der Waals surface area contributed by atoms with E-state index in [0.717, 1.165) is 25.4 Å². The third-order valence-electron chi connectivity index (χ3n) is 3.90. The van der Waals surface area contributed by atoms with Gasteiger partial charge in [-0.25, -0.2) is 0 Å². The van der Waals surface area contributed by atoms with E-state index in [9.17, 15) is 0 Å². The molecule has 1 heterocycles. The number of nitrogens with zero attached hydrogens (tertiary/aromatic N) is 1. The van der Waals surface area contributed by atoms with Crippen LogP contribution in [0.15, 0.2) is 24.3 Å². The highest BCUT2D eigenvalue weighted by Gasteiger charge is 2.16. The average Bonchev–Trinajstić information content (AvgIpc) is 2.38. The standard InChI is InChI=1S/C16H26N2/c1-14-6-5-11-18(12-14)13-16-8-4-3-7-15(16)9-10-17-2/h3-4,7-8,14,17H,5-6,9-13H2,1-2H3. The lowest BCUT2D eigenvalue weighted by Crippen LogP contribution is -2.34.